The lowest BCUT2D eigenvalue weighted by molar-refractivity contribution is -0.0937. The quantitative estimate of drug-likeness (QED) is 0.423. The standard InChI is InChI=1S/C19H36NO2/c1-4-5-6-9-16-14-17-10-7-8-11-18(19(16)17)15(2)12-13-20(21)22-3/h15-19H,4-14H2,1-3H3/q-1/t15-,16-,17?,18?,19?/m1/s1. The van der Waals surface area contributed by atoms with Crippen molar-refractivity contribution in [2.75, 3.05) is 13.7 Å². The summed E-state index contributed by atoms with van der Waals surface area (Å²) in [5, 5.41) is 12.1. The molecule has 2 aliphatic rings. The Bertz CT molecular complexity index is 310. The molecular weight excluding hydrogens is 274 g/mol. The van der Waals surface area contributed by atoms with Crippen molar-refractivity contribution in [3.05, 3.63) is 5.21 Å². The first kappa shape index (κ1) is 18.2. The normalized spacial score (nSPS) is 33.1. The molecule has 0 saturated heterocycles. The first-order chi connectivity index (χ1) is 10.7. The molecule has 0 radical (unpaired) electrons. The van der Waals surface area contributed by atoms with Crippen molar-refractivity contribution >= 4 is 0 Å². The fourth-order valence-corrected chi connectivity index (χ4v) is 5.13. The van der Waals surface area contributed by atoms with Gasteiger partial charge in [0.05, 0.1) is 7.11 Å². The summed E-state index contributed by atoms with van der Waals surface area (Å²) in [5.41, 5.74) is 0. The Labute approximate surface area is 137 Å². The third-order valence-corrected chi connectivity index (χ3v) is 6.43. The molecule has 0 N–H and O–H groups in total. The zero-order valence-electron chi connectivity index (χ0n) is 14.9. The van der Waals surface area contributed by atoms with Gasteiger partial charge in [-0.05, 0) is 48.9 Å². The van der Waals surface area contributed by atoms with Gasteiger partial charge < -0.3 is 10.0 Å². The molecule has 0 amide bonds. The fourth-order valence-electron chi connectivity index (χ4n) is 5.13. The minimum Gasteiger partial charge on any atom is -0.762 e. The molecule has 22 heavy (non-hydrogen) atoms. The zero-order valence-corrected chi connectivity index (χ0v) is 14.9. The second kappa shape index (κ2) is 9.24. The highest BCUT2D eigenvalue weighted by molar-refractivity contribution is 4.95. The number of hydroxylamine groups is 2. The number of nitrogens with zero attached hydrogens (tertiary/aromatic N) is 1. The van der Waals surface area contributed by atoms with E-state index < -0.39 is 0 Å². The Morgan fingerprint density at radius 2 is 2.00 bits per heavy atom. The Kier molecular flexibility index (Phi) is 7.66. The summed E-state index contributed by atoms with van der Waals surface area (Å²) in [6.07, 6.45) is 13.7. The summed E-state index contributed by atoms with van der Waals surface area (Å²) in [7, 11) is 1.47. The van der Waals surface area contributed by atoms with Crippen molar-refractivity contribution in [2.24, 2.45) is 29.6 Å². The molecule has 0 aromatic carbocycles. The van der Waals surface area contributed by atoms with E-state index in [2.05, 4.69) is 13.8 Å². The van der Waals surface area contributed by atoms with Crippen molar-refractivity contribution in [1.82, 2.24) is 5.23 Å². The van der Waals surface area contributed by atoms with Gasteiger partial charge in [-0.3, -0.25) is 5.23 Å². The topological polar surface area (TPSA) is 35.5 Å². The lowest BCUT2D eigenvalue weighted by atomic mass is 9.55. The molecule has 2 rings (SSSR count). The van der Waals surface area contributed by atoms with Crippen LogP contribution in [0.3, 0.4) is 0 Å². The SMILES string of the molecule is CCCCC[C@@H]1CC2CCCCC([C@H](C)CCN([O-])OC)C21. The molecule has 0 bridgehead atoms. The van der Waals surface area contributed by atoms with Gasteiger partial charge in [0.2, 0.25) is 0 Å². The van der Waals surface area contributed by atoms with Gasteiger partial charge in [0, 0.05) is 6.54 Å². The highest BCUT2D eigenvalue weighted by Gasteiger charge is 2.46. The second-order valence-electron chi connectivity index (χ2n) is 7.78. The largest absolute Gasteiger partial charge is 0.762 e. The molecule has 2 saturated carbocycles. The summed E-state index contributed by atoms with van der Waals surface area (Å²) in [6, 6.07) is 0. The van der Waals surface area contributed by atoms with Crippen LogP contribution in [0.1, 0.15) is 78.1 Å². The molecule has 0 spiro atoms. The summed E-state index contributed by atoms with van der Waals surface area (Å²) in [5.74, 6) is 4.43. The summed E-state index contributed by atoms with van der Waals surface area (Å²) >= 11 is 0. The minimum atomic E-state index is 0.520. The van der Waals surface area contributed by atoms with E-state index in [1.165, 1.54) is 64.9 Å². The van der Waals surface area contributed by atoms with E-state index in [1.54, 1.807) is 0 Å². The summed E-state index contributed by atoms with van der Waals surface area (Å²) < 4.78 is 0. The Morgan fingerprint density at radius 1 is 1.23 bits per heavy atom. The highest BCUT2D eigenvalue weighted by atomic mass is 16.9. The van der Waals surface area contributed by atoms with Crippen LogP contribution in [0.5, 0.6) is 0 Å². The van der Waals surface area contributed by atoms with Gasteiger partial charge in [-0.15, -0.1) is 0 Å². The van der Waals surface area contributed by atoms with Crippen LogP contribution in [-0.4, -0.2) is 18.9 Å². The van der Waals surface area contributed by atoms with Crippen LogP contribution in [0.2, 0.25) is 0 Å². The third-order valence-electron chi connectivity index (χ3n) is 6.43. The van der Waals surface area contributed by atoms with Crippen LogP contribution < -0.4 is 0 Å². The molecular formula is C19H36NO2-. The maximum Gasteiger partial charge on any atom is 0.0563 e. The predicted molar refractivity (Wildman–Crippen MR) is 92.1 cm³/mol. The van der Waals surface area contributed by atoms with E-state index in [4.69, 9.17) is 4.84 Å². The van der Waals surface area contributed by atoms with Crippen molar-refractivity contribution in [3.63, 3.8) is 0 Å². The van der Waals surface area contributed by atoms with E-state index >= 15 is 0 Å². The van der Waals surface area contributed by atoms with E-state index in [0.29, 0.717) is 12.5 Å². The highest BCUT2D eigenvalue weighted by Crippen LogP contribution is 2.54. The second-order valence-corrected chi connectivity index (χ2v) is 7.78. The molecule has 0 aromatic heterocycles. The predicted octanol–water partition coefficient (Wildman–Crippen LogP) is 5.40. The van der Waals surface area contributed by atoms with E-state index in [9.17, 15) is 5.21 Å². The van der Waals surface area contributed by atoms with Crippen LogP contribution in [0.25, 0.3) is 0 Å². The summed E-state index contributed by atoms with van der Waals surface area (Å²) in [4.78, 5) is 4.74. The lowest BCUT2D eigenvalue weighted by Crippen LogP contribution is -2.43. The number of hydrogen-bond donors (Lipinski definition) is 0. The molecule has 3 nitrogen and oxygen atoms in total. The number of rotatable bonds is 9. The third kappa shape index (κ3) is 4.69. The molecule has 5 atom stereocenters. The van der Waals surface area contributed by atoms with Gasteiger partial charge in [0.25, 0.3) is 0 Å². The van der Waals surface area contributed by atoms with Gasteiger partial charge in [-0.25, -0.2) is 0 Å². The van der Waals surface area contributed by atoms with Crippen molar-refractivity contribution in [1.29, 1.82) is 0 Å². The fraction of sp³-hybridized carbons (Fsp3) is 1.00. The number of hydrogen-bond acceptors (Lipinski definition) is 3. The maximum atomic E-state index is 11.4. The minimum absolute atomic E-state index is 0.520. The molecule has 130 valence electrons. The maximum absolute atomic E-state index is 11.4. The van der Waals surface area contributed by atoms with Crippen LogP contribution in [-0.2, 0) is 4.84 Å². The smallest absolute Gasteiger partial charge is 0.0563 e. The molecule has 2 fully saturated rings. The monoisotopic (exact) mass is 310 g/mol. The molecule has 0 heterocycles. The number of fused-ring (bicyclic) bond motifs is 1. The van der Waals surface area contributed by atoms with Crippen molar-refractivity contribution in [2.45, 2.75) is 78.1 Å². The number of unbranched alkanes of at least 4 members (excludes halogenated alkanes) is 2. The van der Waals surface area contributed by atoms with Crippen LogP contribution >= 0.6 is 0 Å². The van der Waals surface area contributed by atoms with E-state index in [0.717, 1.165) is 35.3 Å². The first-order valence-corrected chi connectivity index (χ1v) is 9.66. The molecule has 0 aromatic rings. The summed E-state index contributed by atoms with van der Waals surface area (Å²) in [6.45, 7) is 5.19. The average Bonchev–Trinajstić information content (AvgIpc) is 2.67. The van der Waals surface area contributed by atoms with Gasteiger partial charge in [0.1, 0.15) is 0 Å². The van der Waals surface area contributed by atoms with E-state index in [-0.39, 0.29) is 0 Å². The molecule has 2 aliphatic carbocycles. The zero-order chi connectivity index (χ0) is 15.9. The molecule has 3 heteroatoms. The molecule has 3 unspecified atom stereocenters. The average molecular weight is 311 g/mol. The molecule has 0 aliphatic heterocycles. The van der Waals surface area contributed by atoms with Crippen LogP contribution in [0, 0.1) is 34.8 Å². The Balaban J connectivity index is 1.88. The van der Waals surface area contributed by atoms with Gasteiger partial charge in [-0.2, -0.15) is 0 Å². The van der Waals surface area contributed by atoms with Crippen molar-refractivity contribution in [3.8, 4) is 0 Å². The Morgan fingerprint density at radius 3 is 2.73 bits per heavy atom. The van der Waals surface area contributed by atoms with Gasteiger partial charge in [-0.1, -0.05) is 58.8 Å². The van der Waals surface area contributed by atoms with Gasteiger partial charge in [0.15, 0.2) is 0 Å². The van der Waals surface area contributed by atoms with Crippen LogP contribution in [0.4, 0.5) is 0 Å². The van der Waals surface area contributed by atoms with Crippen molar-refractivity contribution < 1.29 is 4.84 Å². The first-order valence-electron chi connectivity index (χ1n) is 9.66. The van der Waals surface area contributed by atoms with E-state index in [1.807, 2.05) is 0 Å². The lowest BCUT2D eigenvalue weighted by Gasteiger charge is -2.50. The Hall–Kier alpha value is -0.120. The van der Waals surface area contributed by atoms with Gasteiger partial charge >= 0.3 is 0 Å². The van der Waals surface area contributed by atoms with Crippen LogP contribution in [0.15, 0.2) is 0 Å².